The van der Waals surface area contributed by atoms with E-state index in [1.165, 1.54) is 0 Å². The van der Waals surface area contributed by atoms with Crippen LogP contribution in [0.3, 0.4) is 0 Å². The maximum Gasteiger partial charge on any atom is 0.317 e. The van der Waals surface area contributed by atoms with Gasteiger partial charge in [-0.25, -0.2) is 4.98 Å². The van der Waals surface area contributed by atoms with Crippen molar-refractivity contribution in [2.24, 2.45) is 0 Å². The Kier molecular flexibility index (Phi) is 4.09. The van der Waals surface area contributed by atoms with Gasteiger partial charge in [0.25, 0.3) is 0 Å². The molecule has 1 saturated heterocycles. The average Bonchev–Trinajstić information content (AvgIpc) is 2.55. The Morgan fingerprint density at radius 3 is 2.78 bits per heavy atom. The van der Waals surface area contributed by atoms with Crippen LogP contribution in [0.15, 0.2) is 12.4 Å². The number of aliphatic carboxylic acids is 1. The summed E-state index contributed by atoms with van der Waals surface area (Å²) in [4.78, 5) is 23.5. The molecule has 0 radical (unpaired) electrons. The van der Waals surface area contributed by atoms with Crippen LogP contribution in [0.4, 0.5) is 5.82 Å². The van der Waals surface area contributed by atoms with Crippen LogP contribution < -0.4 is 4.90 Å². The molecule has 1 aliphatic rings. The summed E-state index contributed by atoms with van der Waals surface area (Å²) in [7, 11) is 0. The molecular formula is C12H18N4O2. The average molecular weight is 250 g/mol. The second-order valence-electron chi connectivity index (χ2n) is 4.48. The van der Waals surface area contributed by atoms with Gasteiger partial charge >= 0.3 is 5.97 Å². The van der Waals surface area contributed by atoms with Crippen molar-refractivity contribution in [3.63, 3.8) is 0 Å². The summed E-state index contributed by atoms with van der Waals surface area (Å²) < 4.78 is 0. The quantitative estimate of drug-likeness (QED) is 0.836. The number of hydrogen-bond acceptors (Lipinski definition) is 5. The van der Waals surface area contributed by atoms with Crippen molar-refractivity contribution in [1.82, 2.24) is 14.9 Å². The summed E-state index contributed by atoms with van der Waals surface area (Å²) in [5, 5.41) is 8.81. The van der Waals surface area contributed by atoms with E-state index in [4.69, 9.17) is 5.11 Å². The fourth-order valence-corrected chi connectivity index (χ4v) is 2.24. The maximum absolute atomic E-state index is 10.7. The van der Waals surface area contributed by atoms with Gasteiger partial charge in [-0.05, 0) is 13.3 Å². The van der Waals surface area contributed by atoms with Crippen LogP contribution in [0.1, 0.15) is 12.1 Å². The normalized spacial score (nSPS) is 17.5. The molecule has 2 rings (SSSR count). The molecule has 98 valence electrons. The van der Waals surface area contributed by atoms with E-state index >= 15 is 0 Å². The standard InChI is InChI=1S/C12H18N4O2/c1-10-12(14-4-3-13-10)16-6-2-5-15(7-8-16)9-11(17)18/h3-4H,2,5-9H2,1H3,(H,17,18). The summed E-state index contributed by atoms with van der Waals surface area (Å²) in [5.74, 6) is 0.147. The third-order valence-corrected chi connectivity index (χ3v) is 3.10. The van der Waals surface area contributed by atoms with Crippen molar-refractivity contribution >= 4 is 11.8 Å². The monoisotopic (exact) mass is 250 g/mol. The van der Waals surface area contributed by atoms with Gasteiger partial charge in [0.15, 0.2) is 0 Å². The van der Waals surface area contributed by atoms with Crippen LogP contribution in [0, 0.1) is 6.92 Å². The lowest BCUT2D eigenvalue weighted by Crippen LogP contribution is -2.34. The van der Waals surface area contributed by atoms with Gasteiger partial charge in [0.1, 0.15) is 5.82 Å². The van der Waals surface area contributed by atoms with E-state index in [1.807, 2.05) is 11.8 Å². The van der Waals surface area contributed by atoms with Crippen molar-refractivity contribution in [3.05, 3.63) is 18.1 Å². The zero-order valence-corrected chi connectivity index (χ0v) is 10.5. The molecule has 1 fully saturated rings. The number of aryl methyl sites for hydroxylation is 1. The number of nitrogens with zero attached hydrogens (tertiary/aromatic N) is 4. The smallest absolute Gasteiger partial charge is 0.317 e. The summed E-state index contributed by atoms with van der Waals surface area (Å²) >= 11 is 0. The molecule has 2 heterocycles. The van der Waals surface area contributed by atoms with Crippen LogP contribution in [0.5, 0.6) is 0 Å². The topological polar surface area (TPSA) is 69.6 Å². The zero-order chi connectivity index (χ0) is 13.0. The largest absolute Gasteiger partial charge is 0.480 e. The first-order valence-corrected chi connectivity index (χ1v) is 6.13. The third-order valence-electron chi connectivity index (χ3n) is 3.10. The summed E-state index contributed by atoms with van der Waals surface area (Å²) in [6, 6.07) is 0. The van der Waals surface area contributed by atoms with Gasteiger partial charge in [-0.3, -0.25) is 14.7 Å². The number of carboxylic acid groups (broad SMARTS) is 1. The third kappa shape index (κ3) is 3.16. The number of carbonyl (C=O) groups is 1. The first kappa shape index (κ1) is 12.8. The molecule has 6 nitrogen and oxygen atoms in total. The molecule has 0 aliphatic carbocycles. The molecule has 6 heteroatoms. The number of rotatable bonds is 3. The molecule has 0 amide bonds. The lowest BCUT2D eigenvalue weighted by molar-refractivity contribution is -0.138. The van der Waals surface area contributed by atoms with Gasteiger partial charge in [-0.1, -0.05) is 0 Å². The Hall–Kier alpha value is -1.69. The predicted molar refractivity (Wildman–Crippen MR) is 67.7 cm³/mol. The van der Waals surface area contributed by atoms with Gasteiger partial charge in [-0.15, -0.1) is 0 Å². The highest BCUT2D eigenvalue weighted by Crippen LogP contribution is 2.15. The zero-order valence-electron chi connectivity index (χ0n) is 10.5. The number of aromatic nitrogens is 2. The molecular weight excluding hydrogens is 232 g/mol. The number of hydrogen-bond donors (Lipinski definition) is 1. The second kappa shape index (κ2) is 5.77. The minimum atomic E-state index is -0.765. The van der Waals surface area contributed by atoms with Crippen LogP contribution in [0.25, 0.3) is 0 Å². The molecule has 0 bridgehead atoms. The lowest BCUT2D eigenvalue weighted by atomic mass is 10.3. The first-order valence-electron chi connectivity index (χ1n) is 6.13. The molecule has 0 saturated carbocycles. The summed E-state index contributed by atoms with van der Waals surface area (Å²) in [6.45, 7) is 5.34. The van der Waals surface area contributed by atoms with Crippen LogP contribution >= 0.6 is 0 Å². The predicted octanol–water partition coefficient (Wildman–Crippen LogP) is 0.382. The van der Waals surface area contributed by atoms with Crippen LogP contribution in [-0.4, -0.2) is 58.7 Å². The molecule has 0 unspecified atom stereocenters. The van der Waals surface area contributed by atoms with Crippen molar-refractivity contribution in [2.45, 2.75) is 13.3 Å². The molecule has 1 aromatic rings. The minimum Gasteiger partial charge on any atom is -0.480 e. The Labute approximate surface area is 106 Å². The first-order chi connectivity index (χ1) is 8.66. The van der Waals surface area contributed by atoms with Gasteiger partial charge in [0.05, 0.1) is 12.2 Å². The molecule has 0 aromatic carbocycles. The van der Waals surface area contributed by atoms with Crippen LogP contribution in [0.2, 0.25) is 0 Å². The molecule has 0 spiro atoms. The van der Waals surface area contributed by atoms with Crippen molar-refractivity contribution in [1.29, 1.82) is 0 Å². The fourth-order valence-electron chi connectivity index (χ4n) is 2.24. The van der Waals surface area contributed by atoms with E-state index in [-0.39, 0.29) is 6.54 Å². The Balaban J connectivity index is 2.01. The van der Waals surface area contributed by atoms with E-state index < -0.39 is 5.97 Å². The van der Waals surface area contributed by atoms with Crippen LogP contribution in [-0.2, 0) is 4.79 Å². The van der Waals surface area contributed by atoms with Crippen molar-refractivity contribution in [2.75, 3.05) is 37.6 Å². The lowest BCUT2D eigenvalue weighted by Gasteiger charge is -2.22. The highest BCUT2D eigenvalue weighted by molar-refractivity contribution is 5.69. The Morgan fingerprint density at radius 1 is 1.28 bits per heavy atom. The Morgan fingerprint density at radius 2 is 2.06 bits per heavy atom. The fraction of sp³-hybridized carbons (Fsp3) is 0.583. The molecule has 18 heavy (non-hydrogen) atoms. The molecule has 0 atom stereocenters. The van der Waals surface area contributed by atoms with E-state index in [0.29, 0.717) is 0 Å². The molecule has 1 aliphatic heterocycles. The van der Waals surface area contributed by atoms with E-state index in [0.717, 1.165) is 44.1 Å². The van der Waals surface area contributed by atoms with Crippen molar-refractivity contribution in [3.8, 4) is 0 Å². The van der Waals surface area contributed by atoms with E-state index in [1.54, 1.807) is 12.4 Å². The maximum atomic E-state index is 10.7. The minimum absolute atomic E-state index is 0.118. The van der Waals surface area contributed by atoms with E-state index in [2.05, 4.69) is 14.9 Å². The highest BCUT2D eigenvalue weighted by atomic mass is 16.4. The summed E-state index contributed by atoms with van der Waals surface area (Å²) in [6.07, 6.45) is 4.33. The molecule has 1 N–H and O–H groups in total. The van der Waals surface area contributed by atoms with Crippen molar-refractivity contribution < 1.29 is 9.90 Å². The number of carboxylic acids is 1. The van der Waals surface area contributed by atoms with Gasteiger partial charge in [-0.2, -0.15) is 0 Å². The highest BCUT2D eigenvalue weighted by Gasteiger charge is 2.18. The van der Waals surface area contributed by atoms with Gasteiger partial charge in [0, 0.05) is 38.6 Å². The van der Waals surface area contributed by atoms with Gasteiger partial charge in [0.2, 0.25) is 0 Å². The molecule has 1 aromatic heterocycles. The Bertz CT molecular complexity index is 424. The van der Waals surface area contributed by atoms with E-state index in [9.17, 15) is 4.79 Å². The summed E-state index contributed by atoms with van der Waals surface area (Å²) in [5.41, 5.74) is 0.921. The SMILES string of the molecule is Cc1nccnc1N1CCCN(CC(=O)O)CC1. The second-order valence-corrected chi connectivity index (χ2v) is 4.48. The number of anilines is 1. The van der Waals surface area contributed by atoms with Gasteiger partial charge < -0.3 is 10.0 Å².